The molecule has 0 aromatic carbocycles. The van der Waals surface area contributed by atoms with Crippen molar-refractivity contribution in [2.45, 2.75) is 433 Å². The first-order chi connectivity index (χ1) is 48.1. The highest BCUT2D eigenvalue weighted by molar-refractivity contribution is 7.47. The molecule has 0 aromatic rings. The normalized spacial score (nSPS) is 14.3. The Bertz CT molecular complexity index is 1960. The third kappa shape index (κ3) is 73.0. The van der Waals surface area contributed by atoms with E-state index in [4.69, 9.17) is 37.0 Å². The molecule has 0 saturated carbocycles. The van der Waals surface area contributed by atoms with Crippen LogP contribution in [0.1, 0.15) is 415 Å². The van der Waals surface area contributed by atoms with Crippen molar-refractivity contribution in [1.82, 2.24) is 0 Å². The SMILES string of the molecule is CCC(C)CCCCCCCCCCCCCCCCC(=O)O[C@H](COC(=O)CCCCCCCCCC(C)C)COP(=O)(O)OCC(O)COP(=O)(O)OC[C@@H](COC(=O)CCCCCCCCCCCCCCCCCC(C)C)OC(=O)CCCCCCCCCCCCCC(C)C. The number of rotatable bonds is 78. The van der Waals surface area contributed by atoms with E-state index in [1.54, 1.807) is 0 Å². The second kappa shape index (κ2) is 70.1. The number of carbonyl (C=O) groups excluding carboxylic acids is 4. The Morgan fingerprint density at radius 1 is 0.280 bits per heavy atom. The van der Waals surface area contributed by atoms with Crippen molar-refractivity contribution in [3.05, 3.63) is 0 Å². The smallest absolute Gasteiger partial charge is 0.462 e. The molecule has 0 fully saturated rings. The van der Waals surface area contributed by atoms with Gasteiger partial charge < -0.3 is 33.8 Å². The molecule has 594 valence electrons. The second-order valence-electron chi connectivity index (χ2n) is 30.8. The van der Waals surface area contributed by atoms with Crippen molar-refractivity contribution in [3.8, 4) is 0 Å². The monoisotopic (exact) mass is 1470 g/mol. The highest BCUT2D eigenvalue weighted by atomic mass is 31.2. The van der Waals surface area contributed by atoms with Gasteiger partial charge in [0.2, 0.25) is 0 Å². The van der Waals surface area contributed by atoms with Gasteiger partial charge in [0, 0.05) is 25.7 Å². The van der Waals surface area contributed by atoms with Gasteiger partial charge in [0.05, 0.1) is 26.4 Å². The third-order valence-electron chi connectivity index (χ3n) is 19.2. The molecule has 19 heteroatoms. The number of carbonyl (C=O) groups is 4. The first-order valence-corrected chi connectivity index (χ1v) is 44.7. The van der Waals surface area contributed by atoms with Gasteiger partial charge in [-0.15, -0.1) is 0 Å². The zero-order valence-corrected chi connectivity index (χ0v) is 67.6. The molecule has 0 saturated heterocycles. The number of hydrogen-bond donors (Lipinski definition) is 3. The summed E-state index contributed by atoms with van der Waals surface area (Å²) in [6.07, 6.45) is 56.9. The second-order valence-corrected chi connectivity index (χ2v) is 33.7. The van der Waals surface area contributed by atoms with Crippen molar-refractivity contribution >= 4 is 39.5 Å². The van der Waals surface area contributed by atoms with Crippen LogP contribution in [0.15, 0.2) is 0 Å². The van der Waals surface area contributed by atoms with Crippen molar-refractivity contribution in [1.29, 1.82) is 0 Å². The Morgan fingerprint density at radius 2 is 0.480 bits per heavy atom. The fourth-order valence-electron chi connectivity index (χ4n) is 12.4. The fraction of sp³-hybridized carbons (Fsp3) is 0.951. The fourth-order valence-corrected chi connectivity index (χ4v) is 14.0. The lowest BCUT2D eigenvalue weighted by Gasteiger charge is -2.21. The van der Waals surface area contributed by atoms with E-state index < -0.39 is 97.5 Å². The van der Waals surface area contributed by atoms with E-state index >= 15 is 0 Å². The standard InChI is InChI=1S/C81H158O17P2/c1-9-74(8)60-52-44-36-28-22-16-13-14-18-24-30-38-47-55-63-80(85)98-77(68-92-79(84)62-54-46-40-32-35-43-51-59-73(6)7)70-96-100(89,90)94-66-75(82)65-93-99(87,88)95-69-76(97-81(86)64-56-48-39-31-25-19-21-27-34-42-50-58-72(4)5)67-91-78(83)61-53-45-37-29-23-17-12-10-11-15-20-26-33-41-49-57-71(2)3/h71-77,82H,9-70H2,1-8H3,(H,87,88)(H,89,90)/t74?,75?,76-,77-/m1/s1. The Kier molecular flexibility index (Phi) is 68.7. The summed E-state index contributed by atoms with van der Waals surface area (Å²) in [5.41, 5.74) is 0. The Labute approximate surface area is 613 Å². The van der Waals surface area contributed by atoms with Gasteiger partial charge in [-0.1, -0.05) is 364 Å². The molecule has 0 bridgehead atoms. The van der Waals surface area contributed by atoms with Crippen LogP contribution in [0.4, 0.5) is 0 Å². The van der Waals surface area contributed by atoms with E-state index in [9.17, 15) is 43.2 Å². The van der Waals surface area contributed by atoms with Gasteiger partial charge in [-0.3, -0.25) is 37.3 Å². The van der Waals surface area contributed by atoms with Crippen LogP contribution in [0, 0.1) is 23.7 Å². The molecule has 0 amide bonds. The van der Waals surface area contributed by atoms with E-state index in [0.717, 1.165) is 114 Å². The van der Waals surface area contributed by atoms with Crippen LogP contribution in [-0.4, -0.2) is 96.7 Å². The molecular formula is C81H158O17P2. The zero-order chi connectivity index (χ0) is 73.8. The van der Waals surface area contributed by atoms with Gasteiger partial charge >= 0.3 is 39.5 Å². The number of ether oxygens (including phenoxy) is 4. The van der Waals surface area contributed by atoms with E-state index in [-0.39, 0.29) is 25.7 Å². The van der Waals surface area contributed by atoms with Gasteiger partial charge in [-0.2, -0.15) is 0 Å². The molecule has 0 aliphatic rings. The summed E-state index contributed by atoms with van der Waals surface area (Å²) in [7, 11) is -9.92. The number of aliphatic hydroxyl groups is 1. The number of hydrogen-bond acceptors (Lipinski definition) is 15. The van der Waals surface area contributed by atoms with Crippen molar-refractivity contribution in [2.24, 2.45) is 23.7 Å². The van der Waals surface area contributed by atoms with Gasteiger partial charge in [0.1, 0.15) is 19.3 Å². The van der Waals surface area contributed by atoms with Crippen LogP contribution in [0.2, 0.25) is 0 Å². The summed E-state index contributed by atoms with van der Waals surface area (Å²) in [6, 6.07) is 0. The Balaban J connectivity index is 5.23. The number of unbranched alkanes of at least 4 members (excludes halogenated alkanes) is 43. The summed E-state index contributed by atoms with van der Waals surface area (Å²) in [4.78, 5) is 73.0. The van der Waals surface area contributed by atoms with Gasteiger partial charge in [0.15, 0.2) is 12.2 Å². The van der Waals surface area contributed by atoms with Crippen molar-refractivity contribution < 1.29 is 80.2 Å². The van der Waals surface area contributed by atoms with Crippen LogP contribution in [-0.2, 0) is 65.4 Å². The van der Waals surface area contributed by atoms with Gasteiger partial charge in [-0.05, 0) is 49.4 Å². The maximum absolute atomic E-state index is 13.1. The lowest BCUT2D eigenvalue weighted by atomic mass is 9.99. The molecule has 6 atom stereocenters. The van der Waals surface area contributed by atoms with Gasteiger partial charge in [-0.25, -0.2) is 9.13 Å². The summed E-state index contributed by atoms with van der Waals surface area (Å²) in [5.74, 6) is 1.01. The maximum Gasteiger partial charge on any atom is 0.472 e. The van der Waals surface area contributed by atoms with Crippen LogP contribution >= 0.6 is 15.6 Å². The summed E-state index contributed by atoms with van der Waals surface area (Å²) < 4.78 is 68.7. The highest BCUT2D eigenvalue weighted by Crippen LogP contribution is 2.45. The number of phosphoric ester groups is 2. The number of esters is 4. The molecule has 3 N–H and O–H groups in total. The van der Waals surface area contributed by atoms with Crippen LogP contribution < -0.4 is 0 Å². The van der Waals surface area contributed by atoms with Crippen molar-refractivity contribution in [2.75, 3.05) is 39.6 Å². The quantitative estimate of drug-likeness (QED) is 0.0222. The maximum atomic E-state index is 13.1. The Hall–Kier alpha value is -1.94. The summed E-state index contributed by atoms with van der Waals surface area (Å²) >= 11 is 0. The van der Waals surface area contributed by atoms with E-state index in [0.29, 0.717) is 31.6 Å². The average Bonchev–Trinajstić information content (AvgIpc) is 0.920. The summed E-state index contributed by atoms with van der Waals surface area (Å²) in [6.45, 7) is 14.3. The molecule has 0 aliphatic heterocycles. The molecule has 0 rings (SSSR count). The van der Waals surface area contributed by atoms with E-state index in [1.807, 2.05) is 0 Å². The predicted octanol–water partition coefficient (Wildman–Crippen LogP) is 24.0. The van der Waals surface area contributed by atoms with Crippen LogP contribution in [0.5, 0.6) is 0 Å². The zero-order valence-electron chi connectivity index (χ0n) is 65.8. The molecular weight excluding hydrogens is 1310 g/mol. The van der Waals surface area contributed by atoms with Gasteiger partial charge in [0.25, 0.3) is 0 Å². The molecule has 0 aromatic heterocycles. The molecule has 0 aliphatic carbocycles. The third-order valence-corrected chi connectivity index (χ3v) is 21.1. The average molecular weight is 1470 g/mol. The molecule has 100 heavy (non-hydrogen) atoms. The molecule has 17 nitrogen and oxygen atoms in total. The highest BCUT2D eigenvalue weighted by Gasteiger charge is 2.30. The topological polar surface area (TPSA) is 237 Å². The predicted molar refractivity (Wildman–Crippen MR) is 409 cm³/mol. The lowest BCUT2D eigenvalue weighted by molar-refractivity contribution is -0.161. The molecule has 0 spiro atoms. The number of aliphatic hydroxyl groups excluding tert-OH is 1. The molecule has 0 radical (unpaired) electrons. The van der Waals surface area contributed by atoms with Crippen molar-refractivity contribution in [3.63, 3.8) is 0 Å². The van der Waals surface area contributed by atoms with E-state index in [2.05, 4.69) is 55.4 Å². The Morgan fingerprint density at radius 3 is 0.710 bits per heavy atom. The minimum Gasteiger partial charge on any atom is -0.462 e. The minimum absolute atomic E-state index is 0.106. The molecule has 4 unspecified atom stereocenters. The minimum atomic E-state index is -4.96. The first-order valence-electron chi connectivity index (χ1n) is 41.7. The van der Waals surface area contributed by atoms with E-state index in [1.165, 1.54) is 212 Å². The lowest BCUT2D eigenvalue weighted by Crippen LogP contribution is -2.30. The summed E-state index contributed by atoms with van der Waals surface area (Å²) in [5, 5.41) is 10.6. The van der Waals surface area contributed by atoms with Crippen LogP contribution in [0.3, 0.4) is 0 Å². The van der Waals surface area contributed by atoms with Crippen LogP contribution in [0.25, 0.3) is 0 Å². The first kappa shape index (κ1) is 98.1. The molecule has 0 heterocycles. The largest absolute Gasteiger partial charge is 0.472 e. The number of phosphoric acid groups is 2.